The molecule has 6 nitrogen and oxygen atoms in total. The van der Waals surface area contributed by atoms with Crippen LogP contribution in [0, 0.1) is 40.4 Å². The number of ketones is 3. The first kappa shape index (κ1) is 36.7. The zero-order valence-corrected chi connectivity index (χ0v) is 18.2. The number of carbonyl (C=O) groups is 3. The summed E-state index contributed by atoms with van der Waals surface area (Å²) in [4.78, 5) is 29.7. The molecule has 0 aliphatic carbocycles. The number of aliphatic hydroxyl groups is 3. The van der Waals surface area contributed by atoms with Gasteiger partial charge in [0.25, 0.3) is 17.3 Å². The normalized spacial score (nSPS) is 13.0. The molecule has 0 aliphatic rings. The van der Waals surface area contributed by atoms with Crippen molar-refractivity contribution in [2.45, 2.75) is 39.3 Å². The molecule has 0 bridgehead atoms. The zero-order chi connectivity index (χ0) is 25.1. The Hall–Kier alpha value is -1.66. The van der Waals surface area contributed by atoms with E-state index in [1.165, 1.54) is 0 Å². The summed E-state index contributed by atoms with van der Waals surface area (Å²) in [6.07, 6.45) is -14.3. The van der Waals surface area contributed by atoms with Crippen LogP contribution >= 0.6 is 0 Å². The summed E-state index contributed by atoms with van der Waals surface area (Å²) in [5, 5.41) is 24.7. The molecule has 0 aromatic carbocycles. The van der Waals surface area contributed by atoms with E-state index in [-0.39, 0.29) is 58.6 Å². The molecule has 0 aromatic heterocycles. The maximum atomic E-state index is 11.3. The monoisotopic (exact) mass is 614 g/mol. The molecular weight excluding hydrogens is 598 g/mol. The van der Waals surface area contributed by atoms with Crippen molar-refractivity contribution in [2.75, 3.05) is 0 Å². The number of allylic oxidation sites excluding steroid dienone is 6. The SMILES string of the molecule is C/C(O)=C/C(=O)C(F)(F)F.C/C(O)=C/C(=O)C(F)(F)F.C/C(O)=C\C(=O)C(F)(F)F.[Sm]. The number of aliphatic hydroxyl groups excluding tert-OH is 3. The van der Waals surface area contributed by atoms with E-state index in [1.807, 2.05) is 0 Å². The van der Waals surface area contributed by atoms with Crippen molar-refractivity contribution >= 4 is 17.3 Å². The Morgan fingerprint density at radius 3 is 0.677 bits per heavy atom. The molecule has 0 saturated carbocycles. The van der Waals surface area contributed by atoms with Crippen LogP contribution in [0.15, 0.2) is 35.5 Å². The summed E-state index contributed by atoms with van der Waals surface area (Å²) in [7, 11) is 0. The number of carbonyl (C=O) groups excluding carboxylic acids is 3. The van der Waals surface area contributed by atoms with Crippen molar-refractivity contribution in [3.05, 3.63) is 35.5 Å². The van der Waals surface area contributed by atoms with Gasteiger partial charge in [0.05, 0.1) is 17.3 Å². The smallest absolute Gasteiger partial charge is 0.454 e. The second-order valence-corrected chi connectivity index (χ2v) is 4.94. The van der Waals surface area contributed by atoms with Crippen LogP contribution in [-0.2, 0) is 14.4 Å². The molecule has 0 spiro atoms. The predicted molar refractivity (Wildman–Crippen MR) is 82.3 cm³/mol. The van der Waals surface area contributed by atoms with Crippen molar-refractivity contribution in [2.24, 2.45) is 0 Å². The summed E-state index contributed by atoms with van der Waals surface area (Å²) < 4.78 is 102. The third-order valence-electron chi connectivity index (χ3n) is 1.86. The third-order valence-corrected chi connectivity index (χ3v) is 1.86. The van der Waals surface area contributed by atoms with Crippen LogP contribution in [-0.4, -0.2) is 51.2 Å². The minimum Gasteiger partial charge on any atom is -0.512 e. The molecule has 0 aliphatic heterocycles. The van der Waals surface area contributed by atoms with E-state index in [9.17, 15) is 53.9 Å². The van der Waals surface area contributed by atoms with Crippen molar-refractivity contribution in [3.8, 4) is 0 Å². The standard InChI is InChI=1S/3C5H5F3O2.Sm/c3*1-3(9)2-4(10)5(6,7)8;/h3*2,9H,1H3;/b3-2+;2*3-2-;. The topological polar surface area (TPSA) is 112 Å². The fourth-order valence-electron chi connectivity index (χ4n) is 0.815. The Morgan fingerprint density at radius 1 is 0.516 bits per heavy atom. The first-order chi connectivity index (χ1) is 13.0. The van der Waals surface area contributed by atoms with Crippen LogP contribution in [0.3, 0.4) is 0 Å². The maximum Gasteiger partial charge on any atom is 0.454 e. The van der Waals surface area contributed by atoms with Gasteiger partial charge in [0.1, 0.15) is 0 Å². The second kappa shape index (κ2) is 15.2. The quantitative estimate of drug-likeness (QED) is 0.241. The molecular formula is C15H15F9O6Sm. The molecule has 3 N–H and O–H groups in total. The number of rotatable bonds is 3. The van der Waals surface area contributed by atoms with Crippen LogP contribution in [0.25, 0.3) is 0 Å². The van der Waals surface area contributed by atoms with Crippen LogP contribution in [0.1, 0.15) is 20.8 Å². The van der Waals surface area contributed by atoms with Crippen LogP contribution in [0.5, 0.6) is 0 Å². The molecule has 0 amide bonds. The average Bonchev–Trinajstić information content (AvgIpc) is 2.43. The van der Waals surface area contributed by atoms with Gasteiger partial charge in [0.2, 0.25) is 0 Å². The molecule has 0 saturated heterocycles. The fourth-order valence-corrected chi connectivity index (χ4v) is 0.815. The van der Waals surface area contributed by atoms with Crippen LogP contribution < -0.4 is 0 Å². The zero-order valence-electron chi connectivity index (χ0n) is 15.6. The van der Waals surface area contributed by atoms with E-state index >= 15 is 0 Å². The first-order valence-electron chi connectivity index (χ1n) is 6.97. The van der Waals surface area contributed by atoms with E-state index in [0.717, 1.165) is 20.8 Å². The van der Waals surface area contributed by atoms with E-state index in [2.05, 4.69) is 0 Å². The number of hydrogen-bond acceptors (Lipinski definition) is 6. The maximum absolute atomic E-state index is 11.3. The van der Waals surface area contributed by atoms with Crippen LogP contribution in [0.2, 0.25) is 0 Å². The van der Waals surface area contributed by atoms with E-state index in [1.54, 1.807) is 0 Å². The summed E-state index contributed by atoms with van der Waals surface area (Å²) in [5.74, 6) is -8.10. The summed E-state index contributed by atoms with van der Waals surface area (Å²) in [6.45, 7) is 2.97. The van der Waals surface area contributed by atoms with Gasteiger partial charge >= 0.3 is 18.5 Å². The van der Waals surface area contributed by atoms with Crippen molar-refractivity contribution < 1.29 is 110 Å². The van der Waals surface area contributed by atoms with Gasteiger partial charge in [-0.25, -0.2) is 0 Å². The average molecular weight is 613 g/mol. The van der Waals surface area contributed by atoms with Gasteiger partial charge < -0.3 is 15.3 Å². The molecule has 180 valence electrons. The summed E-state index contributed by atoms with van der Waals surface area (Å²) in [5.41, 5.74) is 0. The molecule has 16 heteroatoms. The molecule has 0 radical (unpaired) electrons. The van der Waals surface area contributed by atoms with Gasteiger partial charge in [0, 0.05) is 58.6 Å². The molecule has 0 aromatic rings. The Bertz CT molecular complexity index is 594. The Balaban J connectivity index is -0.000000174. The van der Waals surface area contributed by atoms with E-state index < -0.39 is 53.2 Å². The van der Waals surface area contributed by atoms with Gasteiger partial charge in [-0.15, -0.1) is 0 Å². The molecule has 0 rings (SSSR count). The summed E-state index contributed by atoms with van der Waals surface area (Å²) >= 11 is 0. The Morgan fingerprint density at radius 2 is 0.645 bits per heavy atom. The Kier molecular flexibility index (Phi) is 18.0. The molecule has 0 atom stereocenters. The van der Waals surface area contributed by atoms with Gasteiger partial charge in [-0.05, 0) is 20.8 Å². The van der Waals surface area contributed by atoms with E-state index in [4.69, 9.17) is 15.3 Å². The molecule has 0 heterocycles. The fraction of sp³-hybridized carbons (Fsp3) is 0.400. The van der Waals surface area contributed by atoms with Gasteiger partial charge in [0.15, 0.2) is 0 Å². The second-order valence-electron chi connectivity index (χ2n) is 4.94. The van der Waals surface area contributed by atoms with Crippen molar-refractivity contribution in [1.29, 1.82) is 0 Å². The predicted octanol–water partition coefficient (Wildman–Crippen LogP) is 4.74. The number of hydrogen-bond donors (Lipinski definition) is 3. The Labute approximate surface area is 201 Å². The van der Waals surface area contributed by atoms with Gasteiger partial charge in [-0.1, -0.05) is 0 Å². The van der Waals surface area contributed by atoms with Gasteiger partial charge in [-0.2, -0.15) is 39.5 Å². The number of alkyl halides is 9. The summed E-state index contributed by atoms with van der Waals surface area (Å²) in [6, 6.07) is 0. The van der Waals surface area contributed by atoms with Crippen molar-refractivity contribution in [3.63, 3.8) is 0 Å². The largest absolute Gasteiger partial charge is 0.512 e. The third kappa shape index (κ3) is 24.5. The van der Waals surface area contributed by atoms with E-state index in [0.29, 0.717) is 0 Å². The molecule has 31 heavy (non-hydrogen) atoms. The number of halogens is 9. The molecule has 0 fully saturated rings. The van der Waals surface area contributed by atoms with Crippen LogP contribution in [0.4, 0.5) is 39.5 Å². The van der Waals surface area contributed by atoms with Crippen molar-refractivity contribution in [1.82, 2.24) is 0 Å². The van der Waals surface area contributed by atoms with Gasteiger partial charge in [-0.3, -0.25) is 14.4 Å². The minimum absolute atomic E-state index is 0. The first-order valence-corrected chi connectivity index (χ1v) is 6.97. The minimum atomic E-state index is -4.88. The molecule has 0 unspecified atom stereocenters.